The van der Waals surface area contributed by atoms with Gasteiger partial charge in [0, 0.05) is 26.2 Å². The van der Waals surface area contributed by atoms with E-state index in [0.29, 0.717) is 25.6 Å². The molecule has 0 aliphatic carbocycles. The van der Waals surface area contributed by atoms with Crippen molar-refractivity contribution in [2.75, 3.05) is 32.5 Å². The lowest BCUT2D eigenvalue weighted by molar-refractivity contribution is 0.0177. The Morgan fingerprint density at radius 1 is 1.13 bits per heavy atom. The zero-order chi connectivity index (χ0) is 21.9. The van der Waals surface area contributed by atoms with E-state index in [4.69, 9.17) is 9.47 Å². The molecule has 0 aromatic heterocycles. The summed E-state index contributed by atoms with van der Waals surface area (Å²) in [5.41, 5.74) is 1.75. The second kappa shape index (κ2) is 9.14. The molecule has 3 rings (SSSR count). The molecule has 0 unspecified atom stereocenters. The molecule has 30 heavy (non-hydrogen) atoms. The lowest BCUT2D eigenvalue weighted by Gasteiger charge is -2.33. The molecule has 8 heteroatoms. The predicted octanol–water partition coefficient (Wildman–Crippen LogP) is 3.42. The summed E-state index contributed by atoms with van der Waals surface area (Å²) in [6.45, 7) is 8.66. The van der Waals surface area contributed by atoms with E-state index in [1.165, 1.54) is 16.1 Å². The van der Waals surface area contributed by atoms with E-state index in [0.717, 1.165) is 50.1 Å². The summed E-state index contributed by atoms with van der Waals surface area (Å²) in [5, 5.41) is 0. The first-order valence-electron chi connectivity index (χ1n) is 10.7. The lowest BCUT2D eigenvalue weighted by atomic mass is 9.94. The van der Waals surface area contributed by atoms with Crippen molar-refractivity contribution < 1.29 is 22.7 Å². The molecule has 0 saturated carbocycles. The van der Waals surface area contributed by atoms with Gasteiger partial charge in [0.15, 0.2) is 0 Å². The number of hydrogen-bond acceptors (Lipinski definition) is 5. The third kappa shape index (κ3) is 6.35. The second-order valence-electron chi connectivity index (χ2n) is 9.32. The summed E-state index contributed by atoms with van der Waals surface area (Å²) < 4.78 is 36.6. The molecule has 1 amide bonds. The smallest absolute Gasteiger partial charge is 0.410 e. The molecule has 7 nitrogen and oxygen atoms in total. The van der Waals surface area contributed by atoms with Gasteiger partial charge in [0.05, 0.1) is 12.9 Å². The SMILES string of the molecule is CC(C)(C)OC(=O)N1CCC(CCOc2ccc3c(c2)CN(S(C)(=O)=O)CC3)CC1. The van der Waals surface area contributed by atoms with E-state index in [9.17, 15) is 13.2 Å². The molecular weight excluding hydrogens is 404 g/mol. The number of piperidine rings is 1. The highest BCUT2D eigenvalue weighted by Crippen LogP contribution is 2.26. The summed E-state index contributed by atoms with van der Waals surface area (Å²) in [5.74, 6) is 1.32. The number of likely N-dealkylation sites (tertiary alicyclic amines) is 1. The molecule has 1 aromatic carbocycles. The van der Waals surface area contributed by atoms with Gasteiger partial charge < -0.3 is 14.4 Å². The minimum atomic E-state index is -3.18. The van der Waals surface area contributed by atoms with Gasteiger partial charge in [0.25, 0.3) is 0 Å². The monoisotopic (exact) mass is 438 g/mol. The van der Waals surface area contributed by atoms with Gasteiger partial charge in [0.2, 0.25) is 10.0 Å². The van der Waals surface area contributed by atoms with Crippen LogP contribution in [0.4, 0.5) is 4.79 Å². The van der Waals surface area contributed by atoms with Crippen molar-refractivity contribution in [2.45, 2.75) is 58.6 Å². The van der Waals surface area contributed by atoms with Crippen LogP contribution in [0.1, 0.15) is 51.2 Å². The van der Waals surface area contributed by atoms with E-state index in [1.807, 2.05) is 39.0 Å². The summed E-state index contributed by atoms with van der Waals surface area (Å²) >= 11 is 0. The van der Waals surface area contributed by atoms with Crippen LogP contribution in [0.25, 0.3) is 0 Å². The Morgan fingerprint density at radius 3 is 2.47 bits per heavy atom. The Hall–Kier alpha value is -1.80. The Morgan fingerprint density at radius 2 is 1.83 bits per heavy atom. The second-order valence-corrected chi connectivity index (χ2v) is 11.3. The number of ether oxygens (including phenoxy) is 2. The molecular formula is C22H34N2O5S. The number of sulfonamides is 1. The first kappa shape index (κ1) is 22.9. The standard InChI is InChI=1S/C22H34N2O5S/c1-22(2,3)29-21(25)23-11-7-17(8-12-23)10-14-28-20-6-5-18-9-13-24(30(4,26)27)16-19(18)15-20/h5-6,15,17H,7-14,16H2,1-4H3. The van der Waals surface area contributed by atoms with Gasteiger partial charge in [0.1, 0.15) is 11.4 Å². The Balaban J connectivity index is 1.44. The molecule has 0 N–H and O–H groups in total. The van der Waals surface area contributed by atoms with Crippen molar-refractivity contribution >= 4 is 16.1 Å². The Kier molecular flexibility index (Phi) is 6.97. The molecule has 1 saturated heterocycles. The third-order valence-corrected chi connectivity index (χ3v) is 6.93. The maximum Gasteiger partial charge on any atom is 0.410 e. The van der Waals surface area contributed by atoms with Gasteiger partial charge in [-0.15, -0.1) is 0 Å². The number of amides is 1. The van der Waals surface area contributed by atoms with E-state index < -0.39 is 15.6 Å². The Bertz CT molecular complexity index is 855. The minimum absolute atomic E-state index is 0.227. The van der Waals surface area contributed by atoms with Gasteiger partial charge in [-0.05, 0) is 75.6 Å². The fraction of sp³-hybridized carbons (Fsp3) is 0.682. The lowest BCUT2D eigenvalue weighted by Crippen LogP contribution is -2.41. The van der Waals surface area contributed by atoms with Gasteiger partial charge in [-0.25, -0.2) is 13.2 Å². The van der Waals surface area contributed by atoms with Gasteiger partial charge in [-0.2, -0.15) is 4.31 Å². The summed E-state index contributed by atoms with van der Waals surface area (Å²) in [6.07, 6.45) is 4.61. The normalized spacial score (nSPS) is 18.7. The van der Waals surface area contributed by atoms with Gasteiger partial charge >= 0.3 is 6.09 Å². The van der Waals surface area contributed by atoms with E-state index in [-0.39, 0.29) is 6.09 Å². The molecule has 0 atom stereocenters. The van der Waals surface area contributed by atoms with Gasteiger partial charge in [-0.3, -0.25) is 0 Å². The van der Waals surface area contributed by atoms with Crippen molar-refractivity contribution in [2.24, 2.45) is 5.92 Å². The fourth-order valence-corrected chi connectivity index (χ4v) is 4.75. The van der Waals surface area contributed by atoms with Crippen LogP contribution >= 0.6 is 0 Å². The molecule has 2 aliphatic heterocycles. The third-order valence-electron chi connectivity index (χ3n) is 5.69. The van der Waals surface area contributed by atoms with Crippen LogP contribution in [0, 0.1) is 5.92 Å². The largest absolute Gasteiger partial charge is 0.494 e. The van der Waals surface area contributed by atoms with Crippen LogP contribution in [0.2, 0.25) is 0 Å². The number of fused-ring (bicyclic) bond motifs is 1. The average molecular weight is 439 g/mol. The number of benzene rings is 1. The Labute approximate surface area is 180 Å². The molecule has 0 spiro atoms. The summed E-state index contributed by atoms with van der Waals surface area (Å²) in [4.78, 5) is 14.0. The zero-order valence-corrected chi connectivity index (χ0v) is 19.3. The molecule has 0 radical (unpaired) electrons. The highest BCUT2D eigenvalue weighted by atomic mass is 32.2. The van der Waals surface area contributed by atoms with Crippen LogP contribution in [0.3, 0.4) is 0 Å². The summed E-state index contributed by atoms with van der Waals surface area (Å²) in [6, 6.07) is 5.99. The van der Waals surface area contributed by atoms with Crippen molar-refractivity contribution in [3.05, 3.63) is 29.3 Å². The van der Waals surface area contributed by atoms with E-state index in [2.05, 4.69) is 0 Å². The van der Waals surface area contributed by atoms with Crippen LogP contribution in [0.5, 0.6) is 5.75 Å². The zero-order valence-electron chi connectivity index (χ0n) is 18.5. The molecule has 2 aliphatic rings. The number of carbonyl (C=O) groups is 1. The average Bonchev–Trinajstić information content (AvgIpc) is 2.66. The van der Waals surface area contributed by atoms with E-state index in [1.54, 1.807) is 4.90 Å². The van der Waals surface area contributed by atoms with Crippen LogP contribution in [-0.4, -0.2) is 61.8 Å². The predicted molar refractivity (Wildman–Crippen MR) is 116 cm³/mol. The number of rotatable bonds is 5. The van der Waals surface area contributed by atoms with Crippen molar-refractivity contribution in [3.63, 3.8) is 0 Å². The minimum Gasteiger partial charge on any atom is -0.494 e. The van der Waals surface area contributed by atoms with E-state index >= 15 is 0 Å². The number of carbonyl (C=O) groups excluding carboxylic acids is 1. The summed E-state index contributed by atoms with van der Waals surface area (Å²) in [7, 11) is -3.18. The molecule has 168 valence electrons. The van der Waals surface area contributed by atoms with Crippen molar-refractivity contribution in [1.82, 2.24) is 9.21 Å². The van der Waals surface area contributed by atoms with Crippen LogP contribution in [0.15, 0.2) is 18.2 Å². The molecule has 0 bridgehead atoms. The highest BCUT2D eigenvalue weighted by molar-refractivity contribution is 7.88. The van der Waals surface area contributed by atoms with Crippen molar-refractivity contribution in [1.29, 1.82) is 0 Å². The fourth-order valence-electron chi connectivity index (χ4n) is 3.95. The topological polar surface area (TPSA) is 76.2 Å². The maximum absolute atomic E-state index is 12.2. The number of nitrogens with zero attached hydrogens (tertiary/aromatic N) is 2. The molecule has 1 fully saturated rings. The molecule has 2 heterocycles. The molecule has 1 aromatic rings. The first-order chi connectivity index (χ1) is 14.0. The maximum atomic E-state index is 12.2. The quantitative estimate of drug-likeness (QED) is 0.704. The van der Waals surface area contributed by atoms with Crippen LogP contribution in [-0.2, 0) is 27.7 Å². The highest BCUT2D eigenvalue weighted by Gasteiger charge is 2.27. The van der Waals surface area contributed by atoms with Crippen molar-refractivity contribution in [3.8, 4) is 5.75 Å². The first-order valence-corrected chi connectivity index (χ1v) is 12.5. The number of hydrogen-bond donors (Lipinski definition) is 0. The van der Waals surface area contributed by atoms with Gasteiger partial charge in [-0.1, -0.05) is 6.07 Å². The van der Waals surface area contributed by atoms with Crippen LogP contribution < -0.4 is 4.74 Å².